The Morgan fingerprint density at radius 3 is 2.50 bits per heavy atom. The van der Waals surface area contributed by atoms with E-state index < -0.39 is 5.97 Å². The van der Waals surface area contributed by atoms with Crippen LogP contribution in [0.1, 0.15) is 15.9 Å². The highest BCUT2D eigenvalue weighted by molar-refractivity contribution is 7.99. The Balaban J connectivity index is 1.75. The number of thioether (sulfide) groups is 1. The highest BCUT2D eigenvalue weighted by Crippen LogP contribution is 2.16. The first-order chi connectivity index (χ1) is 9.77. The van der Waals surface area contributed by atoms with Gasteiger partial charge in [0, 0.05) is 23.7 Å². The van der Waals surface area contributed by atoms with Gasteiger partial charge in [-0.1, -0.05) is 36.4 Å². The molecule has 0 atom stereocenters. The van der Waals surface area contributed by atoms with Gasteiger partial charge in [-0.2, -0.15) is 0 Å². The summed E-state index contributed by atoms with van der Waals surface area (Å²) in [5.74, 6) is 0.0836. The van der Waals surface area contributed by atoms with E-state index in [9.17, 15) is 4.79 Å². The summed E-state index contributed by atoms with van der Waals surface area (Å²) < 4.78 is 0. The Kier molecular flexibility index (Phi) is 5.65. The number of benzene rings is 2. The fourth-order valence-electron chi connectivity index (χ4n) is 1.86. The van der Waals surface area contributed by atoms with Gasteiger partial charge in [0.25, 0.3) is 0 Å². The molecule has 0 saturated carbocycles. The molecule has 0 bridgehead atoms. The lowest BCUT2D eigenvalue weighted by Crippen LogP contribution is -2.18. The molecular weight excluding hydrogens is 270 g/mol. The number of hydrogen-bond acceptors (Lipinski definition) is 3. The molecule has 0 aromatic heterocycles. The number of hydrogen-bond donors (Lipinski definition) is 2. The summed E-state index contributed by atoms with van der Waals surface area (Å²) in [5, 5.41) is 12.4. The monoisotopic (exact) mass is 287 g/mol. The van der Waals surface area contributed by atoms with Crippen LogP contribution in [0.4, 0.5) is 0 Å². The Hall–Kier alpha value is -1.78. The average molecular weight is 287 g/mol. The molecule has 2 aromatic carbocycles. The quantitative estimate of drug-likeness (QED) is 0.606. The van der Waals surface area contributed by atoms with Gasteiger partial charge >= 0.3 is 5.97 Å². The lowest BCUT2D eigenvalue weighted by Gasteiger charge is -2.07. The number of carbonyl (C=O) groups is 1. The van der Waals surface area contributed by atoms with Crippen LogP contribution in [-0.4, -0.2) is 23.4 Å². The molecule has 0 heterocycles. The SMILES string of the molecule is O=C(O)c1ccccc1CNCCSc1ccccc1. The zero-order valence-corrected chi connectivity index (χ0v) is 11.9. The van der Waals surface area contributed by atoms with E-state index in [0.29, 0.717) is 12.1 Å². The molecule has 0 radical (unpaired) electrons. The van der Waals surface area contributed by atoms with Crippen molar-refractivity contribution in [3.8, 4) is 0 Å². The van der Waals surface area contributed by atoms with E-state index in [1.165, 1.54) is 4.90 Å². The lowest BCUT2D eigenvalue weighted by atomic mass is 10.1. The molecule has 0 aliphatic heterocycles. The van der Waals surface area contributed by atoms with Crippen LogP contribution >= 0.6 is 11.8 Å². The number of nitrogens with one attached hydrogen (secondary N) is 1. The number of carboxylic acids is 1. The van der Waals surface area contributed by atoms with Crippen molar-refractivity contribution in [2.75, 3.05) is 12.3 Å². The number of carboxylic acid groups (broad SMARTS) is 1. The van der Waals surface area contributed by atoms with Crippen LogP contribution in [0.2, 0.25) is 0 Å². The zero-order chi connectivity index (χ0) is 14.2. The first-order valence-corrected chi connectivity index (χ1v) is 7.45. The van der Waals surface area contributed by atoms with E-state index in [1.807, 2.05) is 30.3 Å². The lowest BCUT2D eigenvalue weighted by molar-refractivity contribution is 0.0695. The molecule has 0 aliphatic rings. The molecule has 104 valence electrons. The summed E-state index contributed by atoms with van der Waals surface area (Å²) in [6, 6.07) is 17.3. The molecule has 2 aromatic rings. The molecule has 0 amide bonds. The van der Waals surface area contributed by atoms with Crippen LogP contribution in [0.25, 0.3) is 0 Å². The Morgan fingerprint density at radius 2 is 1.75 bits per heavy atom. The van der Waals surface area contributed by atoms with Crippen molar-refractivity contribution >= 4 is 17.7 Å². The minimum Gasteiger partial charge on any atom is -0.478 e. The van der Waals surface area contributed by atoms with E-state index >= 15 is 0 Å². The number of aromatic carboxylic acids is 1. The maximum atomic E-state index is 11.1. The highest BCUT2D eigenvalue weighted by atomic mass is 32.2. The molecule has 0 spiro atoms. The smallest absolute Gasteiger partial charge is 0.336 e. The fourth-order valence-corrected chi connectivity index (χ4v) is 2.70. The highest BCUT2D eigenvalue weighted by Gasteiger charge is 2.07. The van der Waals surface area contributed by atoms with Gasteiger partial charge in [-0.15, -0.1) is 11.8 Å². The fraction of sp³-hybridized carbons (Fsp3) is 0.188. The van der Waals surface area contributed by atoms with Crippen LogP contribution in [0.3, 0.4) is 0 Å². The minimum absolute atomic E-state index is 0.371. The normalized spacial score (nSPS) is 10.4. The first kappa shape index (κ1) is 14.6. The third kappa shape index (κ3) is 4.40. The third-order valence-electron chi connectivity index (χ3n) is 2.85. The molecule has 0 unspecified atom stereocenters. The molecule has 0 saturated heterocycles. The molecule has 4 heteroatoms. The Labute approximate surface area is 123 Å². The largest absolute Gasteiger partial charge is 0.478 e. The summed E-state index contributed by atoms with van der Waals surface area (Å²) >= 11 is 1.79. The minimum atomic E-state index is -0.874. The van der Waals surface area contributed by atoms with Crippen molar-refractivity contribution in [3.05, 3.63) is 65.7 Å². The Bertz CT molecular complexity index is 557. The van der Waals surface area contributed by atoms with Crippen LogP contribution < -0.4 is 5.32 Å². The van der Waals surface area contributed by atoms with Gasteiger partial charge in [-0.05, 0) is 23.8 Å². The summed E-state index contributed by atoms with van der Waals surface area (Å²) in [6.45, 7) is 1.42. The average Bonchev–Trinajstić information content (AvgIpc) is 2.48. The van der Waals surface area contributed by atoms with Gasteiger partial charge < -0.3 is 10.4 Å². The van der Waals surface area contributed by atoms with Gasteiger partial charge in [0.05, 0.1) is 5.56 Å². The second kappa shape index (κ2) is 7.72. The zero-order valence-electron chi connectivity index (χ0n) is 11.1. The first-order valence-electron chi connectivity index (χ1n) is 6.47. The second-order valence-electron chi connectivity index (χ2n) is 4.30. The van der Waals surface area contributed by atoms with Gasteiger partial charge in [0.2, 0.25) is 0 Å². The van der Waals surface area contributed by atoms with Gasteiger partial charge in [0.15, 0.2) is 0 Å². The van der Waals surface area contributed by atoms with Crippen molar-refractivity contribution in [3.63, 3.8) is 0 Å². The molecule has 20 heavy (non-hydrogen) atoms. The van der Waals surface area contributed by atoms with Crippen molar-refractivity contribution in [2.24, 2.45) is 0 Å². The summed E-state index contributed by atoms with van der Waals surface area (Å²) in [6.07, 6.45) is 0. The van der Waals surface area contributed by atoms with Crippen LogP contribution in [0, 0.1) is 0 Å². The third-order valence-corrected chi connectivity index (χ3v) is 3.87. The maximum absolute atomic E-state index is 11.1. The van der Waals surface area contributed by atoms with Crippen LogP contribution in [0.5, 0.6) is 0 Å². The van der Waals surface area contributed by atoms with E-state index in [0.717, 1.165) is 17.9 Å². The molecule has 2 rings (SSSR count). The van der Waals surface area contributed by atoms with E-state index in [2.05, 4.69) is 17.4 Å². The molecular formula is C16H17NO2S. The predicted octanol–water partition coefficient (Wildman–Crippen LogP) is 3.27. The van der Waals surface area contributed by atoms with Crippen LogP contribution in [-0.2, 0) is 6.54 Å². The summed E-state index contributed by atoms with van der Waals surface area (Å²) in [5.41, 5.74) is 1.19. The van der Waals surface area contributed by atoms with Gasteiger partial charge in [-0.3, -0.25) is 0 Å². The van der Waals surface area contributed by atoms with Crippen molar-refractivity contribution in [1.82, 2.24) is 5.32 Å². The summed E-state index contributed by atoms with van der Waals surface area (Å²) in [7, 11) is 0. The van der Waals surface area contributed by atoms with E-state index in [-0.39, 0.29) is 0 Å². The van der Waals surface area contributed by atoms with Gasteiger partial charge in [-0.25, -0.2) is 4.79 Å². The molecule has 0 fully saturated rings. The number of rotatable bonds is 7. The molecule has 0 aliphatic carbocycles. The van der Waals surface area contributed by atoms with E-state index in [1.54, 1.807) is 23.9 Å². The van der Waals surface area contributed by atoms with Crippen molar-refractivity contribution < 1.29 is 9.90 Å². The van der Waals surface area contributed by atoms with Crippen LogP contribution in [0.15, 0.2) is 59.5 Å². The van der Waals surface area contributed by atoms with Gasteiger partial charge in [0.1, 0.15) is 0 Å². The molecule has 2 N–H and O–H groups in total. The standard InChI is InChI=1S/C16H17NO2S/c18-16(19)15-9-5-4-6-13(15)12-17-10-11-20-14-7-2-1-3-8-14/h1-9,17H,10-12H2,(H,18,19). The van der Waals surface area contributed by atoms with E-state index in [4.69, 9.17) is 5.11 Å². The van der Waals surface area contributed by atoms with Crippen molar-refractivity contribution in [1.29, 1.82) is 0 Å². The Morgan fingerprint density at radius 1 is 1.05 bits per heavy atom. The van der Waals surface area contributed by atoms with Crippen molar-refractivity contribution in [2.45, 2.75) is 11.4 Å². The molecule has 3 nitrogen and oxygen atoms in total. The second-order valence-corrected chi connectivity index (χ2v) is 5.47. The maximum Gasteiger partial charge on any atom is 0.336 e. The summed E-state index contributed by atoms with van der Waals surface area (Å²) in [4.78, 5) is 12.3. The topological polar surface area (TPSA) is 49.3 Å². The predicted molar refractivity (Wildman–Crippen MR) is 82.3 cm³/mol.